The molecule has 1 saturated carbocycles. The van der Waals surface area contributed by atoms with Crippen LogP contribution in [0.25, 0.3) is 16.9 Å². The molecule has 0 bridgehead atoms. The fraction of sp³-hybridized carbons (Fsp3) is 0.208. The van der Waals surface area contributed by atoms with E-state index in [-0.39, 0.29) is 11.5 Å². The van der Waals surface area contributed by atoms with E-state index >= 15 is 0 Å². The highest BCUT2D eigenvalue weighted by Gasteiger charge is 2.31. The van der Waals surface area contributed by atoms with Gasteiger partial charge in [-0.1, -0.05) is 60.3 Å². The van der Waals surface area contributed by atoms with Gasteiger partial charge in [-0.25, -0.2) is 4.98 Å². The molecule has 0 N–H and O–H groups in total. The van der Waals surface area contributed by atoms with Crippen molar-refractivity contribution in [2.24, 2.45) is 0 Å². The number of thioether (sulfide) groups is 1. The summed E-state index contributed by atoms with van der Waals surface area (Å²) in [5, 5.41) is 21.5. The van der Waals surface area contributed by atoms with E-state index in [1.165, 1.54) is 23.1 Å². The summed E-state index contributed by atoms with van der Waals surface area (Å²) in [4.78, 5) is 17.5. The fourth-order valence-corrected chi connectivity index (χ4v) is 5.20. The lowest BCUT2D eigenvalue weighted by Crippen LogP contribution is -2.14. The highest BCUT2D eigenvalue weighted by Crippen LogP contribution is 2.41. The molecule has 5 rings (SSSR count). The Morgan fingerprint density at radius 2 is 1.84 bits per heavy atom. The number of Topliss-reactive ketones (excluding diaryl/α,β-unsaturated/α-hetero) is 1. The Morgan fingerprint density at radius 1 is 1.12 bits per heavy atom. The maximum atomic E-state index is 13.0. The minimum atomic E-state index is -0.888. The summed E-state index contributed by atoms with van der Waals surface area (Å²) in [6.07, 6.45) is 2.22. The van der Waals surface area contributed by atoms with Crippen molar-refractivity contribution in [2.75, 3.05) is 5.75 Å². The molecule has 1 fully saturated rings. The summed E-state index contributed by atoms with van der Waals surface area (Å²) in [6.45, 7) is 0. The number of rotatable bonds is 8. The quantitative estimate of drug-likeness (QED) is 0.337. The number of nitrogens with zero attached hydrogens (tertiary/aromatic N) is 5. The zero-order chi connectivity index (χ0) is 21.9. The van der Waals surface area contributed by atoms with Crippen molar-refractivity contribution in [1.29, 1.82) is 5.26 Å². The number of carbonyl (C=O) groups is 1. The summed E-state index contributed by atoms with van der Waals surface area (Å²) in [5.41, 5.74) is 2.74. The summed E-state index contributed by atoms with van der Waals surface area (Å²) < 4.78 is 2.04. The SMILES string of the molecule is N#C[C@@H](C(=O)CSc1nnc(C2CC2)n1-c1ccccc1)c1nc(-c2ccccc2)cs1. The first-order chi connectivity index (χ1) is 15.7. The zero-order valence-electron chi connectivity index (χ0n) is 17.1. The zero-order valence-corrected chi connectivity index (χ0v) is 18.7. The van der Waals surface area contributed by atoms with Gasteiger partial charge in [-0.05, 0) is 25.0 Å². The molecule has 0 saturated heterocycles. The van der Waals surface area contributed by atoms with Crippen LogP contribution in [-0.4, -0.2) is 31.3 Å². The molecule has 0 amide bonds. The largest absolute Gasteiger partial charge is 0.297 e. The number of hydrogen-bond acceptors (Lipinski definition) is 7. The molecular weight excluding hydrogens is 438 g/mol. The second-order valence-corrected chi connectivity index (χ2v) is 9.37. The molecule has 1 aliphatic rings. The molecule has 6 nitrogen and oxygen atoms in total. The third kappa shape index (κ3) is 4.22. The van der Waals surface area contributed by atoms with Crippen LogP contribution in [0.1, 0.15) is 35.5 Å². The molecule has 2 aromatic carbocycles. The number of carbonyl (C=O) groups excluding carboxylic acids is 1. The van der Waals surface area contributed by atoms with Crippen LogP contribution in [0.15, 0.2) is 71.2 Å². The Labute approximate surface area is 194 Å². The van der Waals surface area contributed by atoms with Gasteiger partial charge in [-0.3, -0.25) is 9.36 Å². The first-order valence-corrected chi connectivity index (χ1v) is 12.2. The minimum absolute atomic E-state index is 0.133. The van der Waals surface area contributed by atoms with E-state index in [4.69, 9.17) is 0 Å². The second kappa shape index (κ2) is 9.07. The average Bonchev–Trinajstić information content (AvgIpc) is 3.41. The van der Waals surface area contributed by atoms with Crippen molar-refractivity contribution in [2.45, 2.75) is 29.8 Å². The highest BCUT2D eigenvalue weighted by molar-refractivity contribution is 7.99. The molecule has 32 heavy (non-hydrogen) atoms. The van der Waals surface area contributed by atoms with Gasteiger partial charge in [0.2, 0.25) is 0 Å². The first-order valence-electron chi connectivity index (χ1n) is 10.3. The Morgan fingerprint density at radius 3 is 2.53 bits per heavy atom. The van der Waals surface area contributed by atoms with Crippen LogP contribution >= 0.6 is 23.1 Å². The maximum absolute atomic E-state index is 13.0. The summed E-state index contributed by atoms with van der Waals surface area (Å²) in [5.74, 6) is 0.429. The molecule has 0 unspecified atom stereocenters. The van der Waals surface area contributed by atoms with Crippen molar-refractivity contribution < 1.29 is 4.79 Å². The third-order valence-corrected chi connectivity index (χ3v) is 7.11. The summed E-state index contributed by atoms with van der Waals surface area (Å²) in [7, 11) is 0. The van der Waals surface area contributed by atoms with E-state index in [0.29, 0.717) is 16.1 Å². The number of hydrogen-bond donors (Lipinski definition) is 0. The van der Waals surface area contributed by atoms with Gasteiger partial charge < -0.3 is 0 Å². The molecule has 8 heteroatoms. The van der Waals surface area contributed by atoms with Gasteiger partial charge in [0.1, 0.15) is 10.8 Å². The average molecular weight is 458 g/mol. The second-order valence-electron chi connectivity index (χ2n) is 7.54. The topological polar surface area (TPSA) is 84.5 Å². The van der Waals surface area contributed by atoms with Crippen molar-refractivity contribution in [3.8, 4) is 23.0 Å². The number of nitriles is 1. The van der Waals surface area contributed by atoms with E-state index in [1.807, 2.05) is 70.6 Å². The van der Waals surface area contributed by atoms with E-state index in [1.54, 1.807) is 0 Å². The smallest absolute Gasteiger partial charge is 0.196 e. The Hall–Kier alpha value is -3.28. The van der Waals surface area contributed by atoms with Crippen LogP contribution in [-0.2, 0) is 4.79 Å². The van der Waals surface area contributed by atoms with Gasteiger partial charge >= 0.3 is 0 Å². The van der Waals surface area contributed by atoms with Crippen LogP contribution in [0, 0.1) is 11.3 Å². The van der Waals surface area contributed by atoms with Crippen molar-refractivity contribution in [3.05, 3.63) is 76.9 Å². The van der Waals surface area contributed by atoms with Crippen molar-refractivity contribution in [1.82, 2.24) is 19.7 Å². The standard InChI is InChI=1S/C24H19N5OS2/c25-13-19(23-26-20(14-31-23)16-7-3-1-4-8-16)21(30)15-32-24-28-27-22(17-11-12-17)29(24)18-9-5-2-6-10-18/h1-10,14,17,19H,11-12,15H2/t19-/m0/s1. The van der Waals surface area contributed by atoms with E-state index in [2.05, 4.69) is 21.3 Å². The number of para-hydroxylation sites is 1. The minimum Gasteiger partial charge on any atom is -0.297 e. The molecule has 0 spiro atoms. The highest BCUT2D eigenvalue weighted by atomic mass is 32.2. The molecule has 1 atom stereocenters. The summed E-state index contributed by atoms with van der Waals surface area (Å²) in [6, 6.07) is 21.8. The van der Waals surface area contributed by atoms with Crippen molar-refractivity contribution >= 4 is 28.9 Å². The Kier molecular flexibility index (Phi) is 5.84. The van der Waals surface area contributed by atoms with Crippen molar-refractivity contribution in [3.63, 3.8) is 0 Å². The van der Waals surface area contributed by atoms with E-state index in [9.17, 15) is 10.1 Å². The third-order valence-electron chi connectivity index (χ3n) is 5.25. The first kappa shape index (κ1) is 20.6. The predicted octanol–water partition coefficient (Wildman–Crippen LogP) is 5.24. The van der Waals surface area contributed by atoms with Gasteiger partial charge in [-0.15, -0.1) is 21.5 Å². The normalized spacial score (nSPS) is 14.1. The van der Waals surface area contributed by atoms with Crippen LogP contribution in [0.5, 0.6) is 0 Å². The predicted molar refractivity (Wildman–Crippen MR) is 125 cm³/mol. The van der Waals surface area contributed by atoms with Crippen LogP contribution in [0.4, 0.5) is 0 Å². The molecule has 2 heterocycles. The maximum Gasteiger partial charge on any atom is 0.196 e. The van der Waals surface area contributed by atoms with Gasteiger partial charge in [0.05, 0.1) is 17.5 Å². The van der Waals surface area contributed by atoms with Crippen LogP contribution in [0.2, 0.25) is 0 Å². The Bertz CT molecular complexity index is 1270. The molecule has 0 radical (unpaired) electrons. The molecular formula is C24H19N5OS2. The summed E-state index contributed by atoms with van der Waals surface area (Å²) >= 11 is 2.67. The van der Waals surface area contributed by atoms with E-state index in [0.717, 1.165) is 35.6 Å². The van der Waals surface area contributed by atoms with Gasteiger partial charge in [-0.2, -0.15) is 5.26 Å². The monoisotopic (exact) mass is 457 g/mol. The lowest BCUT2D eigenvalue weighted by atomic mass is 10.1. The molecule has 158 valence electrons. The molecule has 1 aliphatic carbocycles. The lowest BCUT2D eigenvalue weighted by molar-refractivity contribution is -0.116. The van der Waals surface area contributed by atoms with Gasteiger partial charge in [0.25, 0.3) is 0 Å². The van der Waals surface area contributed by atoms with E-state index < -0.39 is 5.92 Å². The van der Waals surface area contributed by atoms with Crippen LogP contribution in [0.3, 0.4) is 0 Å². The molecule has 0 aliphatic heterocycles. The molecule has 2 aromatic heterocycles. The molecule has 4 aromatic rings. The fourth-order valence-electron chi connectivity index (χ4n) is 3.45. The lowest BCUT2D eigenvalue weighted by Gasteiger charge is -2.10. The number of benzene rings is 2. The van der Waals surface area contributed by atoms with Gasteiger partial charge in [0.15, 0.2) is 16.9 Å². The number of aromatic nitrogens is 4. The van der Waals surface area contributed by atoms with Gasteiger partial charge in [0, 0.05) is 22.5 Å². The van der Waals surface area contributed by atoms with Crippen LogP contribution < -0.4 is 0 Å². The Balaban J connectivity index is 1.34. The number of ketones is 1. The number of thiazole rings is 1.